The van der Waals surface area contributed by atoms with Crippen LogP contribution in [0.2, 0.25) is 0 Å². The zero-order valence-electron chi connectivity index (χ0n) is 30.3. The summed E-state index contributed by atoms with van der Waals surface area (Å²) in [5.41, 5.74) is 9.12. The second-order valence-corrected chi connectivity index (χ2v) is 16.5. The highest BCUT2D eigenvalue weighted by molar-refractivity contribution is 7.26. The Balaban J connectivity index is 1.11. The summed E-state index contributed by atoms with van der Waals surface area (Å²) in [5, 5.41) is 7.14. The molecule has 0 N–H and O–H groups in total. The fourth-order valence-corrected chi connectivity index (χ4v) is 10.6. The van der Waals surface area contributed by atoms with E-state index >= 15 is 0 Å². The maximum atomic E-state index is 6.60. The van der Waals surface area contributed by atoms with Crippen molar-refractivity contribution < 1.29 is 4.42 Å². The van der Waals surface area contributed by atoms with Gasteiger partial charge in [-0.25, -0.2) is 15.0 Å². The van der Waals surface area contributed by atoms with Crippen LogP contribution in [0, 0.1) is 0 Å². The lowest BCUT2D eigenvalue weighted by molar-refractivity contribution is 0.669. The Hall–Kier alpha value is -6.99. The number of fused-ring (bicyclic) bond motifs is 9. The molecule has 266 valence electrons. The van der Waals surface area contributed by atoms with Crippen molar-refractivity contribution in [1.82, 2.24) is 15.0 Å². The highest BCUT2D eigenvalue weighted by atomic mass is 32.1. The quantitative estimate of drug-likeness (QED) is 0.175. The van der Waals surface area contributed by atoms with Crippen LogP contribution in [0.15, 0.2) is 180 Å². The van der Waals surface area contributed by atoms with Gasteiger partial charge in [0.15, 0.2) is 17.5 Å². The average molecular weight is 764 g/mol. The summed E-state index contributed by atoms with van der Waals surface area (Å²) in [6.45, 7) is 0. The molecule has 6 heteroatoms. The van der Waals surface area contributed by atoms with E-state index in [0.717, 1.165) is 44.2 Å². The topological polar surface area (TPSA) is 51.8 Å². The van der Waals surface area contributed by atoms with Crippen molar-refractivity contribution in [3.63, 3.8) is 0 Å². The molecule has 0 radical (unpaired) electrons. The molecule has 4 heterocycles. The second kappa shape index (κ2) is 12.8. The van der Waals surface area contributed by atoms with E-state index in [2.05, 4.69) is 103 Å². The van der Waals surface area contributed by atoms with Crippen LogP contribution >= 0.6 is 22.7 Å². The van der Waals surface area contributed by atoms with Gasteiger partial charge in [-0.3, -0.25) is 0 Å². The Morgan fingerprint density at radius 2 is 0.965 bits per heavy atom. The number of hydrogen-bond donors (Lipinski definition) is 0. The van der Waals surface area contributed by atoms with E-state index in [0.29, 0.717) is 17.5 Å². The number of furan rings is 1. The second-order valence-electron chi connectivity index (χ2n) is 14.3. The molecule has 12 rings (SSSR count). The first-order valence-electron chi connectivity index (χ1n) is 18.9. The van der Waals surface area contributed by atoms with Crippen LogP contribution in [0.4, 0.5) is 0 Å². The number of nitrogens with zero attached hydrogens (tertiary/aromatic N) is 3. The molecule has 8 aromatic carbocycles. The first-order valence-corrected chi connectivity index (χ1v) is 20.6. The molecule has 0 bridgehead atoms. The van der Waals surface area contributed by atoms with Gasteiger partial charge in [-0.05, 0) is 64.7 Å². The highest BCUT2D eigenvalue weighted by Gasteiger charge is 2.21. The SMILES string of the molecule is c1ccc(-c2nc(-c3ccccc3)nc(-c3cccc4oc5ccc(-c6c(-c7ccc8c(c7)sc7ccccc78)ccc7sc8ccccc8c67)cc5c34)n2)cc1. The van der Waals surface area contributed by atoms with Gasteiger partial charge in [-0.2, -0.15) is 0 Å². The number of hydrogen-bond acceptors (Lipinski definition) is 6. The monoisotopic (exact) mass is 763 g/mol. The number of rotatable bonds is 5. The van der Waals surface area contributed by atoms with Crippen molar-refractivity contribution in [2.75, 3.05) is 0 Å². The predicted octanol–water partition coefficient (Wildman–Crippen LogP) is 14.8. The number of thiophene rings is 2. The molecule has 0 spiro atoms. The molecule has 57 heavy (non-hydrogen) atoms. The molecular formula is C51H29N3OS2. The van der Waals surface area contributed by atoms with Gasteiger partial charge in [0.05, 0.1) is 0 Å². The molecule has 0 saturated carbocycles. The van der Waals surface area contributed by atoms with Crippen LogP contribution in [-0.4, -0.2) is 15.0 Å². The van der Waals surface area contributed by atoms with Crippen LogP contribution < -0.4 is 0 Å². The minimum atomic E-state index is 0.602. The molecule has 0 amide bonds. The first-order chi connectivity index (χ1) is 28.2. The summed E-state index contributed by atoms with van der Waals surface area (Å²) in [5.74, 6) is 1.85. The van der Waals surface area contributed by atoms with Crippen LogP contribution in [0.25, 0.3) is 119 Å². The Morgan fingerprint density at radius 3 is 1.74 bits per heavy atom. The Bertz CT molecular complexity index is 3470. The van der Waals surface area contributed by atoms with Crippen molar-refractivity contribution in [2.24, 2.45) is 0 Å². The molecule has 0 atom stereocenters. The molecule has 0 aliphatic heterocycles. The summed E-state index contributed by atoms with van der Waals surface area (Å²) >= 11 is 3.70. The summed E-state index contributed by atoms with van der Waals surface area (Å²) in [6.07, 6.45) is 0. The summed E-state index contributed by atoms with van der Waals surface area (Å²) in [6, 6.07) is 62.1. The zero-order chi connectivity index (χ0) is 37.5. The fraction of sp³-hybridized carbons (Fsp3) is 0. The van der Waals surface area contributed by atoms with E-state index < -0.39 is 0 Å². The minimum Gasteiger partial charge on any atom is -0.456 e. The number of aromatic nitrogens is 3. The third-order valence-electron chi connectivity index (χ3n) is 11.0. The zero-order valence-corrected chi connectivity index (χ0v) is 31.9. The van der Waals surface area contributed by atoms with Gasteiger partial charge in [-0.15, -0.1) is 22.7 Å². The van der Waals surface area contributed by atoms with Crippen molar-refractivity contribution in [3.05, 3.63) is 176 Å². The fourth-order valence-electron chi connectivity index (χ4n) is 8.35. The van der Waals surface area contributed by atoms with Crippen LogP contribution in [-0.2, 0) is 0 Å². The largest absolute Gasteiger partial charge is 0.456 e. The minimum absolute atomic E-state index is 0.602. The third-order valence-corrected chi connectivity index (χ3v) is 13.2. The predicted molar refractivity (Wildman–Crippen MR) is 240 cm³/mol. The molecule has 4 aromatic heterocycles. The van der Waals surface area contributed by atoms with E-state index in [1.807, 2.05) is 95.5 Å². The maximum Gasteiger partial charge on any atom is 0.164 e. The molecule has 12 aromatic rings. The smallest absolute Gasteiger partial charge is 0.164 e. The Kier molecular flexibility index (Phi) is 7.24. The van der Waals surface area contributed by atoms with Crippen molar-refractivity contribution in [3.8, 4) is 56.4 Å². The van der Waals surface area contributed by atoms with Crippen LogP contribution in [0.5, 0.6) is 0 Å². The van der Waals surface area contributed by atoms with Gasteiger partial charge in [0.2, 0.25) is 0 Å². The lowest BCUT2D eigenvalue weighted by atomic mass is 9.89. The van der Waals surface area contributed by atoms with Crippen LogP contribution in [0.1, 0.15) is 0 Å². The van der Waals surface area contributed by atoms with Gasteiger partial charge < -0.3 is 4.42 Å². The molecule has 0 saturated heterocycles. The summed E-state index contributed by atoms with van der Waals surface area (Å²) < 4.78 is 11.7. The molecular weight excluding hydrogens is 735 g/mol. The van der Waals surface area contributed by atoms with Crippen molar-refractivity contribution >= 4 is 85.0 Å². The van der Waals surface area contributed by atoms with Gasteiger partial charge in [0, 0.05) is 67.8 Å². The molecule has 0 unspecified atom stereocenters. The molecule has 0 aliphatic carbocycles. The van der Waals surface area contributed by atoms with Crippen molar-refractivity contribution in [1.29, 1.82) is 0 Å². The third kappa shape index (κ3) is 5.22. The Morgan fingerprint density at radius 1 is 0.333 bits per heavy atom. The molecule has 4 nitrogen and oxygen atoms in total. The standard InChI is InChI=1S/C51H29N3OS2/c1-3-12-30(13-4-1)49-52-50(31-14-5-2-6-15-31)54-51(53-49)38-18-11-19-41-47(38)39-28-33(23-26-40(39)55-41)46-34(25-27-44-48(46)37-17-8-10-21-43(37)56-44)32-22-24-36-35-16-7-9-20-42(35)57-45(36)29-32/h1-29H. The average Bonchev–Trinajstić information content (AvgIpc) is 3.97. The maximum absolute atomic E-state index is 6.60. The lowest BCUT2D eigenvalue weighted by Gasteiger charge is -2.14. The molecule has 0 fully saturated rings. The lowest BCUT2D eigenvalue weighted by Crippen LogP contribution is -2.00. The van der Waals surface area contributed by atoms with Gasteiger partial charge in [0.25, 0.3) is 0 Å². The van der Waals surface area contributed by atoms with E-state index in [1.165, 1.54) is 57.0 Å². The molecule has 0 aliphatic rings. The number of benzene rings is 8. The van der Waals surface area contributed by atoms with E-state index in [9.17, 15) is 0 Å². The van der Waals surface area contributed by atoms with Crippen molar-refractivity contribution in [2.45, 2.75) is 0 Å². The highest BCUT2D eigenvalue weighted by Crippen LogP contribution is 2.48. The van der Waals surface area contributed by atoms with Gasteiger partial charge in [-0.1, -0.05) is 133 Å². The summed E-state index contributed by atoms with van der Waals surface area (Å²) in [7, 11) is 0. The van der Waals surface area contributed by atoms with E-state index in [4.69, 9.17) is 19.4 Å². The summed E-state index contributed by atoms with van der Waals surface area (Å²) in [4.78, 5) is 15.2. The Labute approximate surface area is 335 Å². The van der Waals surface area contributed by atoms with Gasteiger partial charge in [0.1, 0.15) is 11.2 Å². The normalized spacial score (nSPS) is 11.9. The van der Waals surface area contributed by atoms with Crippen LogP contribution in [0.3, 0.4) is 0 Å². The van der Waals surface area contributed by atoms with E-state index in [-0.39, 0.29) is 0 Å². The van der Waals surface area contributed by atoms with E-state index in [1.54, 1.807) is 0 Å². The first kappa shape index (κ1) is 32.3. The van der Waals surface area contributed by atoms with Gasteiger partial charge >= 0.3 is 0 Å².